The number of hydrogen-bond donors (Lipinski definition) is 2. The molecule has 112 valence electrons. The van der Waals surface area contributed by atoms with Crippen LogP contribution in [0.3, 0.4) is 0 Å². The third kappa shape index (κ3) is 3.57. The molecule has 1 heterocycles. The second-order valence-electron chi connectivity index (χ2n) is 4.49. The first-order chi connectivity index (χ1) is 9.44. The Morgan fingerprint density at radius 3 is 2.40 bits per heavy atom. The first-order valence-electron chi connectivity index (χ1n) is 6.74. The van der Waals surface area contributed by atoms with Crippen LogP contribution in [0.15, 0.2) is 15.8 Å². The topological polar surface area (TPSA) is 95.4 Å². The molecule has 0 spiro atoms. The van der Waals surface area contributed by atoms with E-state index in [4.69, 9.17) is 0 Å². The van der Waals surface area contributed by atoms with Crippen LogP contribution in [0.1, 0.15) is 26.3 Å². The Hall–Kier alpha value is -1.89. The molecule has 0 bridgehead atoms. The number of hydrogen-bond acceptors (Lipinski definition) is 4. The molecule has 0 saturated carbocycles. The van der Waals surface area contributed by atoms with Crippen LogP contribution in [0, 0.1) is 0 Å². The van der Waals surface area contributed by atoms with Crippen molar-refractivity contribution >= 4 is 5.97 Å². The molecule has 1 atom stereocenters. The van der Waals surface area contributed by atoms with Crippen molar-refractivity contribution in [1.82, 2.24) is 14.5 Å². The maximum absolute atomic E-state index is 11.8. The van der Waals surface area contributed by atoms with Gasteiger partial charge in [-0.3, -0.25) is 24.0 Å². The molecule has 0 fully saturated rings. The van der Waals surface area contributed by atoms with E-state index >= 15 is 0 Å². The molecule has 1 aromatic rings. The quantitative estimate of drug-likeness (QED) is 0.728. The second-order valence-corrected chi connectivity index (χ2v) is 4.49. The van der Waals surface area contributed by atoms with Crippen molar-refractivity contribution < 1.29 is 9.90 Å². The average molecular weight is 283 g/mol. The van der Waals surface area contributed by atoms with Gasteiger partial charge in [-0.2, -0.15) is 0 Å². The molecule has 0 radical (unpaired) electrons. The summed E-state index contributed by atoms with van der Waals surface area (Å²) in [6.07, 6.45) is 1.93. The predicted octanol–water partition coefficient (Wildman–Crippen LogP) is -0.106. The van der Waals surface area contributed by atoms with E-state index in [1.54, 1.807) is 11.8 Å². The van der Waals surface area contributed by atoms with Gasteiger partial charge in [0.25, 0.3) is 5.56 Å². The number of aromatic amines is 1. The Morgan fingerprint density at radius 2 is 1.95 bits per heavy atom. The molecule has 7 heteroatoms. The third-order valence-electron chi connectivity index (χ3n) is 3.37. The van der Waals surface area contributed by atoms with E-state index in [1.807, 2.05) is 13.8 Å². The van der Waals surface area contributed by atoms with Crippen molar-refractivity contribution in [3.8, 4) is 0 Å². The number of carboxylic acid groups (broad SMARTS) is 1. The van der Waals surface area contributed by atoms with Gasteiger partial charge in [-0.05, 0) is 19.5 Å². The summed E-state index contributed by atoms with van der Waals surface area (Å²) in [5, 5.41) is 9.31. The lowest BCUT2D eigenvalue weighted by atomic mass is 10.2. The van der Waals surface area contributed by atoms with Gasteiger partial charge in [0.1, 0.15) is 6.04 Å². The van der Waals surface area contributed by atoms with Crippen molar-refractivity contribution in [2.75, 3.05) is 13.1 Å². The minimum absolute atomic E-state index is 0.0135. The molecule has 0 aromatic carbocycles. The maximum Gasteiger partial charge on any atom is 0.328 e. The zero-order valence-corrected chi connectivity index (χ0v) is 12.0. The molecule has 0 unspecified atom stereocenters. The Balaban J connectivity index is 3.14. The van der Waals surface area contributed by atoms with Gasteiger partial charge in [0.15, 0.2) is 0 Å². The van der Waals surface area contributed by atoms with Crippen molar-refractivity contribution in [3.05, 3.63) is 32.6 Å². The van der Waals surface area contributed by atoms with E-state index in [1.165, 1.54) is 10.8 Å². The number of rotatable bonds is 7. The molecule has 0 saturated heterocycles. The van der Waals surface area contributed by atoms with Crippen molar-refractivity contribution in [1.29, 1.82) is 0 Å². The molecule has 1 rings (SSSR count). The average Bonchev–Trinajstić information content (AvgIpc) is 2.41. The molecule has 0 aliphatic rings. The molecule has 1 aromatic heterocycles. The van der Waals surface area contributed by atoms with Crippen LogP contribution in [0.4, 0.5) is 0 Å². The normalized spacial score (nSPS) is 12.6. The lowest BCUT2D eigenvalue weighted by Crippen LogP contribution is -2.46. The van der Waals surface area contributed by atoms with Crippen LogP contribution in [-0.2, 0) is 17.8 Å². The zero-order chi connectivity index (χ0) is 15.3. The van der Waals surface area contributed by atoms with Gasteiger partial charge in [-0.1, -0.05) is 20.8 Å². The van der Waals surface area contributed by atoms with E-state index in [-0.39, 0.29) is 6.54 Å². The van der Waals surface area contributed by atoms with Crippen LogP contribution < -0.4 is 11.2 Å². The zero-order valence-electron chi connectivity index (χ0n) is 12.0. The predicted molar refractivity (Wildman–Crippen MR) is 75.0 cm³/mol. The fourth-order valence-electron chi connectivity index (χ4n) is 2.14. The maximum atomic E-state index is 11.8. The van der Waals surface area contributed by atoms with Crippen molar-refractivity contribution in [3.63, 3.8) is 0 Å². The van der Waals surface area contributed by atoms with E-state index in [0.717, 1.165) is 0 Å². The Labute approximate surface area is 116 Å². The molecule has 0 aliphatic heterocycles. The summed E-state index contributed by atoms with van der Waals surface area (Å²) in [4.78, 5) is 38.6. The fourth-order valence-corrected chi connectivity index (χ4v) is 2.14. The number of aromatic nitrogens is 2. The monoisotopic (exact) mass is 283 g/mol. The van der Waals surface area contributed by atoms with Gasteiger partial charge in [-0.25, -0.2) is 4.79 Å². The highest BCUT2D eigenvalue weighted by molar-refractivity contribution is 5.73. The smallest absolute Gasteiger partial charge is 0.328 e. The number of aliphatic carboxylic acids is 1. The number of aryl methyl sites for hydroxylation is 1. The van der Waals surface area contributed by atoms with Crippen LogP contribution in [-0.4, -0.2) is 44.7 Å². The number of nitrogens with one attached hydrogen (secondary N) is 1. The van der Waals surface area contributed by atoms with E-state index in [0.29, 0.717) is 25.1 Å². The largest absolute Gasteiger partial charge is 0.480 e. The summed E-state index contributed by atoms with van der Waals surface area (Å²) >= 11 is 0. The van der Waals surface area contributed by atoms with E-state index in [9.17, 15) is 19.5 Å². The molecular weight excluding hydrogens is 262 g/mol. The molecule has 0 amide bonds. The summed E-state index contributed by atoms with van der Waals surface area (Å²) in [5.74, 6) is -0.982. The van der Waals surface area contributed by atoms with Gasteiger partial charge in [0, 0.05) is 11.8 Å². The highest BCUT2D eigenvalue weighted by Gasteiger charge is 2.24. The number of carbonyl (C=O) groups is 1. The van der Waals surface area contributed by atoms with Crippen LogP contribution in [0.2, 0.25) is 0 Å². The summed E-state index contributed by atoms with van der Waals surface area (Å²) in [5.41, 5.74) is -0.526. The standard InChI is InChI=1S/C13H21N3O4/c1-4-9-7-16(13(20)14-11(9)17)8-10(12(18)19)15(5-2)6-3/h7,10H,4-6,8H2,1-3H3,(H,18,19)(H,14,17,20)/t10-/m0/s1. The first kappa shape index (κ1) is 16.2. The molecular formula is C13H21N3O4. The number of carboxylic acids is 1. The summed E-state index contributed by atoms with van der Waals surface area (Å²) in [7, 11) is 0. The van der Waals surface area contributed by atoms with Crippen molar-refractivity contribution in [2.24, 2.45) is 0 Å². The van der Waals surface area contributed by atoms with E-state index < -0.39 is 23.3 Å². The minimum Gasteiger partial charge on any atom is -0.480 e. The highest BCUT2D eigenvalue weighted by atomic mass is 16.4. The molecule has 0 aliphatic carbocycles. The first-order valence-corrected chi connectivity index (χ1v) is 6.74. The SMILES string of the molecule is CCc1cn(C[C@@H](C(=O)O)N(CC)CC)c(=O)[nH]c1=O. The molecule has 20 heavy (non-hydrogen) atoms. The number of likely N-dealkylation sites (N-methyl/N-ethyl adjacent to an activating group) is 1. The van der Waals surface area contributed by atoms with Gasteiger partial charge < -0.3 is 5.11 Å². The molecule has 7 nitrogen and oxygen atoms in total. The highest BCUT2D eigenvalue weighted by Crippen LogP contribution is 2.03. The van der Waals surface area contributed by atoms with Crippen LogP contribution in [0.5, 0.6) is 0 Å². The Morgan fingerprint density at radius 1 is 1.35 bits per heavy atom. The van der Waals surface area contributed by atoms with Gasteiger partial charge >= 0.3 is 11.7 Å². The van der Waals surface area contributed by atoms with Gasteiger partial charge in [0.05, 0.1) is 6.54 Å². The Kier molecular flexibility index (Phi) is 5.69. The van der Waals surface area contributed by atoms with E-state index in [2.05, 4.69) is 4.98 Å². The number of nitrogens with zero attached hydrogens (tertiary/aromatic N) is 2. The minimum atomic E-state index is -0.982. The lowest BCUT2D eigenvalue weighted by Gasteiger charge is -2.26. The van der Waals surface area contributed by atoms with Gasteiger partial charge in [0.2, 0.25) is 0 Å². The Bertz CT molecular complexity index is 572. The fraction of sp³-hybridized carbons (Fsp3) is 0.615. The third-order valence-corrected chi connectivity index (χ3v) is 3.37. The van der Waals surface area contributed by atoms with Crippen LogP contribution >= 0.6 is 0 Å². The summed E-state index contributed by atoms with van der Waals surface area (Å²) < 4.78 is 1.26. The summed E-state index contributed by atoms with van der Waals surface area (Å²) in [6, 6.07) is -0.793. The van der Waals surface area contributed by atoms with Gasteiger partial charge in [-0.15, -0.1) is 0 Å². The van der Waals surface area contributed by atoms with Crippen LogP contribution in [0.25, 0.3) is 0 Å². The van der Waals surface area contributed by atoms with Crippen molar-refractivity contribution in [2.45, 2.75) is 39.8 Å². The lowest BCUT2D eigenvalue weighted by molar-refractivity contribution is -0.143. The summed E-state index contributed by atoms with van der Waals surface area (Å²) in [6.45, 7) is 6.70. The second kappa shape index (κ2) is 7.04. The number of H-pyrrole nitrogens is 1. The molecule has 2 N–H and O–H groups in total.